The summed E-state index contributed by atoms with van der Waals surface area (Å²) in [5.41, 5.74) is 2.93. The normalized spacial score (nSPS) is 19.3. The first-order valence-electron chi connectivity index (χ1n) is 6.72. The van der Waals surface area contributed by atoms with Crippen molar-refractivity contribution in [1.82, 2.24) is 14.7 Å². The quantitative estimate of drug-likeness (QED) is 0.724. The molecule has 1 aliphatic rings. The minimum absolute atomic E-state index is 0.0206. The maximum Gasteiger partial charge on any atom is 0.410 e. The lowest BCUT2D eigenvalue weighted by atomic mass is 9.98. The highest BCUT2D eigenvalue weighted by Crippen LogP contribution is 2.32. The minimum atomic E-state index is -0.457. The van der Waals surface area contributed by atoms with Crippen LogP contribution in [0.4, 0.5) is 4.79 Å². The third-order valence-corrected chi connectivity index (χ3v) is 3.49. The molecule has 2 heterocycles. The number of hydrogen-bond acceptors (Lipinski definition) is 3. The van der Waals surface area contributed by atoms with Crippen LogP contribution in [0.5, 0.6) is 0 Å². The van der Waals surface area contributed by atoms with E-state index >= 15 is 0 Å². The van der Waals surface area contributed by atoms with E-state index in [0.717, 1.165) is 12.1 Å². The summed E-state index contributed by atoms with van der Waals surface area (Å²) >= 11 is 0. The molecule has 1 aromatic heterocycles. The Morgan fingerprint density at radius 2 is 2.05 bits per heavy atom. The number of amides is 1. The van der Waals surface area contributed by atoms with Gasteiger partial charge in [-0.25, -0.2) is 4.79 Å². The number of carbonyl (C=O) groups excluding carboxylic acids is 1. The summed E-state index contributed by atoms with van der Waals surface area (Å²) in [4.78, 5) is 14.0. The molecule has 0 radical (unpaired) electrons. The summed E-state index contributed by atoms with van der Waals surface area (Å²) in [5.74, 6) is 0. The van der Waals surface area contributed by atoms with E-state index < -0.39 is 5.60 Å². The second kappa shape index (κ2) is 4.54. The van der Waals surface area contributed by atoms with Crippen LogP contribution in [-0.2, 0) is 18.2 Å². The number of nitrogens with zero attached hydrogens (tertiary/aromatic N) is 3. The minimum Gasteiger partial charge on any atom is -0.444 e. The molecule has 2 rings (SSSR count). The number of ether oxygens (including phenoxy) is 1. The SMILES string of the molecule is Cc1nn(C)c2c1C(C)N(C(=O)OC(C)(C)C)CC2. The highest BCUT2D eigenvalue weighted by molar-refractivity contribution is 5.69. The van der Waals surface area contributed by atoms with E-state index in [1.807, 2.05) is 46.3 Å². The largest absolute Gasteiger partial charge is 0.444 e. The van der Waals surface area contributed by atoms with Crippen LogP contribution in [0.1, 0.15) is 50.7 Å². The van der Waals surface area contributed by atoms with Crippen molar-refractivity contribution in [2.24, 2.45) is 7.05 Å². The molecule has 1 amide bonds. The van der Waals surface area contributed by atoms with Crippen LogP contribution in [0, 0.1) is 6.92 Å². The maximum absolute atomic E-state index is 12.2. The molecule has 1 unspecified atom stereocenters. The zero-order chi connectivity index (χ0) is 14.4. The average Bonchev–Trinajstić information content (AvgIpc) is 2.52. The van der Waals surface area contributed by atoms with Crippen molar-refractivity contribution in [3.05, 3.63) is 17.0 Å². The summed E-state index contributed by atoms with van der Waals surface area (Å²) in [6.45, 7) is 10.4. The van der Waals surface area contributed by atoms with Crippen molar-refractivity contribution in [2.45, 2.75) is 52.7 Å². The molecular weight excluding hydrogens is 242 g/mol. The van der Waals surface area contributed by atoms with Gasteiger partial charge in [-0.3, -0.25) is 4.68 Å². The number of aromatic nitrogens is 2. The molecule has 0 saturated heterocycles. The van der Waals surface area contributed by atoms with Gasteiger partial charge in [-0.1, -0.05) is 0 Å². The Morgan fingerprint density at radius 3 is 2.63 bits per heavy atom. The van der Waals surface area contributed by atoms with Crippen molar-refractivity contribution < 1.29 is 9.53 Å². The molecule has 5 nitrogen and oxygen atoms in total. The first-order valence-corrected chi connectivity index (χ1v) is 6.72. The highest BCUT2D eigenvalue weighted by Gasteiger charge is 2.34. The fraction of sp³-hybridized carbons (Fsp3) is 0.714. The first kappa shape index (κ1) is 13.9. The van der Waals surface area contributed by atoms with Crippen LogP contribution < -0.4 is 0 Å². The zero-order valence-corrected chi connectivity index (χ0v) is 12.6. The van der Waals surface area contributed by atoms with Crippen LogP contribution in [0.25, 0.3) is 0 Å². The molecule has 1 atom stereocenters. The van der Waals surface area contributed by atoms with Gasteiger partial charge in [0, 0.05) is 31.3 Å². The molecule has 106 valence electrons. The third-order valence-electron chi connectivity index (χ3n) is 3.49. The van der Waals surface area contributed by atoms with E-state index in [1.54, 1.807) is 4.90 Å². The summed E-state index contributed by atoms with van der Waals surface area (Å²) < 4.78 is 7.39. The Labute approximate surface area is 114 Å². The second-order valence-electron chi connectivity index (χ2n) is 6.17. The average molecular weight is 265 g/mol. The lowest BCUT2D eigenvalue weighted by Gasteiger charge is -2.35. The standard InChI is InChI=1S/C14H23N3O2/c1-9-12-10(2)17(13(18)19-14(3,4)5)8-7-11(12)16(6)15-9/h10H,7-8H2,1-6H3. The lowest BCUT2D eigenvalue weighted by Crippen LogP contribution is -2.42. The predicted molar refractivity (Wildman–Crippen MR) is 73.0 cm³/mol. The van der Waals surface area contributed by atoms with E-state index in [4.69, 9.17) is 4.74 Å². The maximum atomic E-state index is 12.2. The molecule has 0 spiro atoms. The topological polar surface area (TPSA) is 47.4 Å². The highest BCUT2D eigenvalue weighted by atomic mass is 16.6. The fourth-order valence-electron chi connectivity index (χ4n) is 2.71. The van der Waals surface area contributed by atoms with Gasteiger partial charge in [-0.05, 0) is 34.6 Å². The van der Waals surface area contributed by atoms with E-state index in [1.165, 1.54) is 11.3 Å². The third kappa shape index (κ3) is 2.60. The molecule has 0 bridgehead atoms. The molecule has 0 fully saturated rings. The van der Waals surface area contributed by atoms with Crippen LogP contribution >= 0.6 is 0 Å². The molecule has 0 saturated carbocycles. The molecular formula is C14H23N3O2. The number of hydrogen-bond donors (Lipinski definition) is 0. The van der Waals surface area contributed by atoms with Gasteiger partial charge in [0.05, 0.1) is 11.7 Å². The Bertz CT molecular complexity index is 500. The summed E-state index contributed by atoms with van der Waals surface area (Å²) in [6, 6.07) is 0.0206. The van der Waals surface area contributed by atoms with Crippen molar-refractivity contribution in [1.29, 1.82) is 0 Å². The van der Waals surface area contributed by atoms with E-state index in [2.05, 4.69) is 5.10 Å². The van der Waals surface area contributed by atoms with Crippen LogP contribution in [-0.4, -0.2) is 32.9 Å². The second-order valence-corrected chi connectivity index (χ2v) is 6.17. The first-order chi connectivity index (χ1) is 8.70. The van der Waals surface area contributed by atoms with Gasteiger partial charge >= 0.3 is 6.09 Å². The zero-order valence-electron chi connectivity index (χ0n) is 12.6. The van der Waals surface area contributed by atoms with Crippen molar-refractivity contribution >= 4 is 6.09 Å². The Hall–Kier alpha value is -1.52. The van der Waals surface area contributed by atoms with Gasteiger partial charge in [0.2, 0.25) is 0 Å². The monoisotopic (exact) mass is 265 g/mol. The molecule has 0 aliphatic carbocycles. The molecule has 5 heteroatoms. The van der Waals surface area contributed by atoms with Crippen molar-refractivity contribution in [3.8, 4) is 0 Å². The number of aryl methyl sites for hydroxylation is 2. The van der Waals surface area contributed by atoms with Crippen molar-refractivity contribution in [2.75, 3.05) is 6.54 Å². The number of carbonyl (C=O) groups is 1. The van der Waals surface area contributed by atoms with E-state index in [-0.39, 0.29) is 12.1 Å². The fourth-order valence-corrected chi connectivity index (χ4v) is 2.71. The van der Waals surface area contributed by atoms with Gasteiger partial charge in [0.25, 0.3) is 0 Å². The van der Waals surface area contributed by atoms with Crippen LogP contribution in [0.3, 0.4) is 0 Å². The van der Waals surface area contributed by atoms with Crippen LogP contribution in [0.15, 0.2) is 0 Å². The van der Waals surface area contributed by atoms with Gasteiger partial charge in [-0.2, -0.15) is 5.10 Å². The van der Waals surface area contributed by atoms with Crippen LogP contribution in [0.2, 0.25) is 0 Å². The van der Waals surface area contributed by atoms with Gasteiger partial charge in [0.1, 0.15) is 5.60 Å². The molecule has 1 aliphatic heterocycles. The number of rotatable bonds is 0. The summed E-state index contributed by atoms with van der Waals surface area (Å²) in [5, 5.41) is 4.45. The van der Waals surface area contributed by atoms with Gasteiger partial charge < -0.3 is 9.64 Å². The smallest absolute Gasteiger partial charge is 0.410 e. The Morgan fingerprint density at radius 1 is 1.42 bits per heavy atom. The molecule has 0 aromatic carbocycles. The predicted octanol–water partition coefficient (Wildman–Crippen LogP) is 2.58. The van der Waals surface area contributed by atoms with Gasteiger partial charge in [-0.15, -0.1) is 0 Å². The lowest BCUT2D eigenvalue weighted by molar-refractivity contribution is 0.0158. The Kier molecular flexibility index (Phi) is 3.32. The molecule has 0 N–H and O–H groups in total. The van der Waals surface area contributed by atoms with E-state index in [9.17, 15) is 4.79 Å². The summed E-state index contributed by atoms with van der Waals surface area (Å²) in [7, 11) is 1.96. The molecule has 19 heavy (non-hydrogen) atoms. The number of fused-ring (bicyclic) bond motifs is 1. The van der Waals surface area contributed by atoms with Gasteiger partial charge in [0.15, 0.2) is 0 Å². The Balaban J connectivity index is 2.24. The van der Waals surface area contributed by atoms with Crippen molar-refractivity contribution in [3.63, 3.8) is 0 Å². The van der Waals surface area contributed by atoms with E-state index in [0.29, 0.717) is 6.54 Å². The molecule has 1 aromatic rings. The summed E-state index contributed by atoms with van der Waals surface area (Å²) in [6.07, 6.45) is 0.588.